The van der Waals surface area contributed by atoms with Crippen molar-refractivity contribution in [3.63, 3.8) is 0 Å². The molecule has 5 aliphatic rings. The molecular formula is C113H130Cl4F2N12O16. The van der Waals surface area contributed by atoms with E-state index in [-0.39, 0.29) is 166 Å². The summed E-state index contributed by atoms with van der Waals surface area (Å²) in [4.78, 5) is 157. The second-order valence-corrected chi connectivity index (χ2v) is 47.6. The van der Waals surface area contributed by atoms with Gasteiger partial charge in [0.1, 0.15) is 33.7 Å². The zero-order valence-electron chi connectivity index (χ0n) is 87.4. The zero-order chi connectivity index (χ0) is 108. The van der Waals surface area contributed by atoms with Crippen LogP contribution >= 0.6 is 46.4 Å². The van der Waals surface area contributed by atoms with Crippen molar-refractivity contribution in [3.8, 4) is 45.0 Å². The molecular weight excluding hydrogens is 1960 g/mol. The molecule has 1 atom stereocenters. The molecule has 0 radical (unpaired) electrons. The second kappa shape index (κ2) is 42.2. The monoisotopic (exact) mass is 2090 g/mol. The maximum Gasteiger partial charge on any atom is 0.310 e. The minimum absolute atomic E-state index is 0.0168. The summed E-state index contributed by atoms with van der Waals surface area (Å²) >= 11 is 23.9. The van der Waals surface area contributed by atoms with E-state index >= 15 is 0 Å². The van der Waals surface area contributed by atoms with E-state index in [4.69, 9.17) is 84.0 Å². The molecule has 17 rings (SSSR count). The summed E-state index contributed by atoms with van der Waals surface area (Å²) < 4.78 is 53.1. The van der Waals surface area contributed by atoms with Gasteiger partial charge in [-0.2, -0.15) is 0 Å². The molecule has 12 aromatic rings. The lowest BCUT2D eigenvalue weighted by Gasteiger charge is -2.47. The first-order chi connectivity index (χ1) is 68.5. The Hall–Kier alpha value is -12.6. The van der Waals surface area contributed by atoms with Crippen LogP contribution in [0.4, 0.5) is 8.78 Å². The van der Waals surface area contributed by atoms with Crippen molar-refractivity contribution in [2.24, 2.45) is 17.3 Å². The van der Waals surface area contributed by atoms with Crippen LogP contribution in [0.2, 0.25) is 20.1 Å². The number of furan rings is 4. The smallest absolute Gasteiger partial charge is 0.310 e. The Kier molecular flexibility index (Phi) is 31.6. The summed E-state index contributed by atoms with van der Waals surface area (Å²) in [5.41, 5.74) is 8.90. The Morgan fingerprint density at radius 1 is 0.415 bits per heavy atom. The summed E-state index contributed by atoms with van der Waals surface area (Å²) in [6.45, 7) is 46.8. The number of nitrogens with zero attached hydrogens (tertiary/aromatic N) is 10. The molecule has 0 bridgehead atoms. The Morgan fingerprint density at radius 3 is 1.07 bits per heavy atom. The maximum atomic E-state index is 14.3. The third kappa shape index (κ3) is 24.4. The quantitative estimate of drug-likeness (QED) is 0.0740. The van der Waals surface area contributed by atoms with Gasteiger partial charge in [0.2, 0.25) is 23.6 Å². The predicted molar refractivity (Wildman–Crippen MR) is 565 cm³/mol. The van der Waals surface area contributed by atoms with Gasteiger partial charge in [-0.3, -0.25) is 47.9 Å². The van der Waals surface area contributed by atoms with Gasteiger partial charge in [-0.05, 0) is 169 Å². The number of aliphatic carboxylic acids is 2. The summed E-state index contributed by atoms with van der Waals surface area (Å²) in [6, 6.07) is 38.5. The lowest BCUT2D eigenvalue weighted by atomic mass is 9.82. The third-order valence-electron chi connectivity index (χ3n) is 28.2. The first-order valence-corrected chi connectivity index (χ1v) is 51.1. The van der Waals surface area contributed by atoms with E-state index in [0.29, 0.717) is 123 Å². The Morgan fingerprint density at radius 2 is 0.748 bits per heavy atom. The largest absolute Gasteiger partial charge is 0.481 e. The zero-order valence-corrected chi connectivity index (χ0v) is 90.5. The minimum atomic E-state index is -0.989. The van der Waals surface area contributed by atoms with E-state index in [2.05, 4.69) is 52.2 Å². The number of carbonyl (C=O) groups excluding carboxylic acids is 8. The van der Waals surface area contributed by atoms with Gasteiger partial charge in [0.15, 0.2) is 45.4 Å². The fraction of sp³-hybridized carbons (Fsp3) is 0.451. The van der Waals surface area contributed by atoms with Gasteiger partial charge in [0, 0.05) is 175 Å². The molecule has 4 saturated heterocycles. The highest BCUT2D eigenvalue weighted by atomic mass is 35.5. The Labute approximate surface area is 874 Å². The van der Waals surface area contributed by atoms with Gasteiger partial charge in [-0.1, -0.05) is 193 Å². The Balaban J connectivity index is 0.000000156. The van der Waals surface area contributed by atoms with Gasteiger partial charge in [-0.15, -0.1) is 0 Å². The fourth-order valence-corrected chi connectivity index (χ4v) is 20.2. The summed E-state index contributed by atoms with van der Waals surface area (Å²) in [7, 11) is 0. The van der Waals surface area contributed by atoms with E-state index in [1.54, 1.807) is 79.6 Å². The van der Waals surface area contributed by atoms with E-state index in [1.807, 2.05) is 170 Å². The number of pyridine rings is 4. The van der Waals surface area contributed by atoms with Crippen LogP contribution in [0, 0.1) is 28.9 Å². The number of amides is 8. The molecule has 0 unspecified atom stereocenters. The van der Waals surface area contributed by atoms with Crippen molar-refractivity contribution in [1.82, 2.24) is 60.0 Å². The lowest BCUT2D eigenvalue weighted by Crippen LogP contribution is -2.62. The van der Waals surface area contributed by atoms with Gasteiger partial charge in [0.05, 0.1) is 60.8 Å². The number of carbonyl (C=O) groups is 10. The molecule has 4 N–H and O–H groups in total. The first kappa shape index (κ1) is 110. The lowest BCUT2D eigenvalue weighted by molar-refractivity contribution is -0.154. The number of carboxylic acid groups (broad SMARTS) is 2. The van der Waals surface area contributed by atoms with Crippen molar-refractivity contribution in [2.45, 2.75) is 248 Å². The number of nitrogens with one attached hydrogen (secondary N) is 2. The van der Waals surface area contributed by atoms with Crippen LogP contribution in [0.1, 0.15) is 268 Å². The number of fused-ring (bicyclic) bond motifs is 4. The fourth-order valence-electron chi connectivity index (χ4n) is 19.7. The molecule has 34 heteroatoms. The normalized spacial score (nSPS) is 17.1. The first-order valence-electron chi connectivity index (χ1n) is 49.6. The van der Waals surface area contributed by atoms with Crippen molar-refractivity contribution < 1.29 is 84.6 Å². The standard InChI is InChI=1S/C32H37ClFN3O5.C31H37ClFN3O5.2C25H28ClN3O3/c1-30(2,3)20-15-23(19-8-9-21(33)22(34)14-19)35-24-16-25(42-27(20)24)28(39)37-13-12-36(18-31(37,4)5)26(38)17-32(29(40)41)10-6-7-11-32;1-17(2)19(29(39)40)13-26(37)35-10-11-36(31(6,7)16-35)28(38)25-15-24-27(41-25)20(30(3,4)5)14-23(34-24)18-8-9-21(32)22(33)12-18;1-24(2,3)17-12-18(15-6-8-16(26)9-7-15)28-19-13-20(32-22(17)19)23(31)29-11-10-27-21(30)14-25(29,4)5;1-24(2,3)17-12-18(15-6-8-16(26)9-7-15)28-19-13-20(32-22(17)19)23(31)29-11-10-21(30)27-14-25(29,4)5/h8-9,14-16H,6-7,10-13,17-18H2,1-5H3,(H,40,41);8-9,12,14-15,17,19H,10-11,13,16H2,1-7H3,(H,39,40);2*6-9,12-13H,10-11,14H2,1-5H3,(H,27,30)/t;19-;;/m.1../s1. The van der Waals surface area contributed by atoms with Gasteiger partial charge in [-0.25, -0.2) is 28.7 Å². The second-order valence-electron chi connectivity index (χ2n) is 45.9. The molecule has 28 nitrogen and oxygen atoms in total. The molecule has 4 aromatic carbocycles. The molecule has 780 valence electrons. The van der Waals surface area contributed by atoms with E-state index in [9.17, 15) is 66.9 Å². The number of halogens is 6. The third-order valence-corrected chi connectivity index (χ3v) is 29.3. The Bertz CT molecular complexity index is 6980. The van der Waals surface area contributed by atoms with Crippen molar-refractivity contribution in [1.29, 1.82) is 0 Å². The van der Waals surface area contributed by atoms with Crippen LogP contribution in [0.25, 0.3) is 89.4 Å². The summed E-state index contributed by atoms with van der Waals surface area (Å²) in [6.07, 6.45) is 3.07. The summed E-state index contributed by atoms with van der Waals surface area (Å²) in [5, 5.41) is 26.4. The number of hydrogen-bond acceptors (Lipinski definition) is 18. The molecule has 5 fully saturated rings. The number of piperazine rings is 2. The maximum absolute atomic E-state index is 14.3. The highest BCUT2D eigenvalue weighted by Crippen LogP contribution is 2.46. The van der Waals surface area contributed by atoms with Gasteiger partial charge < -0.3 is 67.9 Å². The topological polar surface area (TPSA) is 359 Å². The number of hydrogen-bond donors (Lipinski definition) is 4. The number of rotatable bonds is 15. The SMILES string of the molecule is CC(C)(C)c1cc(-c2ccc(Cl)c(F)c2)nc2cc(C(=O)N3CCN(C(=O)CC4(C(=O)O)CCCC4)CC3(C)C)oc12.CC(C)(C)c1cc(-c2ccc(Cl)cc2)nc2cc(C(=O)N3CCC(=O)NCC3(C)C)oc12.CC(C)(C)c1cc(-c2ccc(Cl)cc2)nc2cc(C(=O)N3CCNC(=O)CC3(C)C)oc12.CC(C)[C@@H](CC(=O)N1CCN(C(=O)c2cc3nc(-c4ccc(Cl)c(F)c4)cc(C(C)(C)C)c3o2)C(C)(C)C1)C(=O)O. The highest BCUT2D eigenvalue weighted by Gasteiger charge is 2.49. The molecule has 0 spiro atoms. The molecule has 147 heavy (non-hydrogen) atoms. The number of carboxylic acids is 2. The highest BCUT2D eigenvalue weighted by molar-refractivity contribution is 6.31. The van der Waals surface area contributed by atoms with Gasteiger partial charge in [0.25, 0.3) is 23.6 Å². The molecule has 1 aliphatic carbocycles. The molecule has 12 heterocycles. The summed E-state index contributed by atoms with van der Waals surface area (Å²) in [5.74, 6) is -4.86. The minimum Gasteiger partial charge on any atom is -0.481 e. The van der Waals surface area contributed by atoms with Crippen LogP contribution in [-0.4, -0.2) is 206 Å². The average molecular weight is 2090 g/mol. The van der Waals surface area contributed by atoms with Crippen LogP contribution in [0.5, 0.6) is 0 Å². The van der Waals surface area contributed by atoms with Crippen LogP contribution in [0.3, 0.4) is 0 Å². The van der Waals surface area contributed by atoms with E-state index < -0.39 is 57.1 Å². The van der Waals surface area contributed by atoms with Crippen molar-refractivity contribution >= 4 is 150 Å². The molecule has 8 amide bonds. The average Bonchev–Trinajstić information content (AvgIpc) is 1.63. The van der Waals surface area contributed by atoms with Crippen LogP contribution < -0.4 is 10.6 Å². The van der Waals surface area contributed by atoms with E-state index in [1.165, 1.54) is 24.3 Å². The van der Waals surface area contributed by atoms with Crippen LogP contribution in [0.15, 0.2) is 151 Å². The number of aromatic nitrogens is 4. The molecule has 1 saturated carbocycles. The van der Waals surface area contributed by atoms with Crippen molar-refractivity contribution in [3.05, 3.63) is 210 Å². The van der Waals surface area contributed by atoms with Crippen LogP contribution in [-0.2, 0) is 50.4 Å². The number of benzene rings is 4. The van der Waals surface area contributed by atoms with E-state index in [0.717, 1.165) is 57.6 Å². The predicted octanol–water partition coefficient (Wildman–Crippen LogP) is 23.5. The van der Waals surface area contributed by atoms with Crippen molar-refractivity contribution in [2.75, 3.05) is 65.4 Å². The van der Waals surface area contributed by atoms with Gasteiger partial charge >= 0.3 is 11.9 Å². The molecule has 4 aliphatic heterocycles. The molecule has 8 aromatic heterocycles.